The van der Waals surface area contributed by atoms with Crippen molar-refractivity contribution in [2.24, 2.45) is 0 Å². The highest BCUT2D eigenvalue weighted by Crippen LogP contribution is 2.13. The third-order valence-corrected chi connectivity index (χ3v) is 2.35. The van der Waals surface area contributed by atoms with Crippen molar-refractivity contribution in [3.05, 3.63) is 29.3 Å². The second-order valence-electron chi connectivity index (χ2n) is 4.57. The topological polar surface area (TPSA) is 75.4 Å². The first-order valence-corrected chi connectivity index (χ1v) is 5.15. The van der Waals surface area contributed by atoms with E-state index in [1.165, 1.54) is 0 Å². The molecule has 0 aliphatic rings. The fourth-order valence-electron chi connectivity index (χ4n) is 1.30. The second-order valence-corrected chi connectivity index (χ2v) is 4.57. The van der Waals surface area contributed by atoms with E-state index in [0.29, 0.717) is 11.3 Å². The number of rotatable bonds is 3. The van der Waals surface area contributed by atoms with Crippen LogP contribution in [-0.4, -0.2) is 23.2 Å². The molecule has 0 heterocycles. The molecule has 0 radical (unpaired) electrons. The highest BCUT2D eigenvalue weighted by Gasteiger charge is 2.20. The molecule has 1 amide bonds. The molecule has 0 saturated carbocycles. The third-order valence-electron chi connectivity index (χ3n) is 2.35. The zero-order valence-electron chi connectivity index (χ0n) is 9.87. The zero-order valence-corrected chi connectivity index (χ0v) is 9.87. The van der Waals surface area contributed by atoms with Gasteiger partial charge in [-0.3, -0.25) is 4.79 Å². The van der Waals surface area contributed by atoms with Gasteiger partial charge in [0.25, 0.3) is 5.91 Å². The van der Waals surface area contributed by atoms with E-state index in [1.54, 1.807) is 32.0 Å². The van der Waals surface area contributed by atoms with E-state index in [1.807, 2.05) is 6.92 Å². The summed E-state index contributed by atoms with van der Waals surface area (Å²) in [7, 11) is 0. The molecule has 0 saturated heterocycles. The highest BCUT2D eigenvalue weighted by molar-refractivity contribution is 5.96. The van der Waals surface area contributed by atoms with Crippen LogP contribution in [0.4, 0.5) is 5.69 Å². The van der Waals surface area contributed by atoms with Crippen molar-refractivity contribution < 1.29 is 9.90 Å². The van der Waals surface area contributed by atoms with Gasteiger partial charge >= 0.3 is 0 Å². The maximum absolute atomic E-state index is 11.9. The van der Waals surface area contributed by atoms with Crippen LogP contribution < -0.4 is 11.1 Å². The first-order chi connectivity index (χ1) is 7.35. The first-order valence-electron chi connectivity index (χ1n) is 5.15. The number of hydrogen-bond donors (Lipinski definition) is 3. The Hall–Kier alpha value is -1.55. The van der Waals surface area contributed by atoms with E-state index < -0.39 is 5.54 Å². The number of amides is 1. The van der Waals surface area contributed by atoms with Gasteiger partial charge in [-0.1, -0.05) is 6.07 Å². The van der Waals surface area contributed by atoms with Gasteiger partial charge in [0, 0.05) is 11.3 Å². The number of hydrogen-bond acceptors (Lipinski definition) is 3. The molecule has 0 aliphatic heterocycles. The van der Waals surface area contributed by atoms with Gasteiger partial charge in [0.1, 0.15) is 0 Å². The predicted octanol–water partition coefficient (Wildman–Crippen LogP) is 1.08. The lowest BCUT2D eigenvalue weighted by Crippen LogP contribution is -2.46. The number of anilines is 1. The molecule has 4 heteroatoms. The molecule has 0 aromatic heterocycles. The van der Waals surface area contributed by atoms with E-state index in [4.69, 9.17) is 10.8 Å². The fraction of sp³-hybridized carbons (Fsp3) is 0.417. The zero-order chi connectivity index (χ0) is 12.3. The summed E-state index contributed by atoms with van der Waals surface area (Å²) in [4.78, 5) is 11.9. The van der Waals surface area contributed by atoms with Crippen molar-refractivity contribution in [1.82, 2.24) is 5.32 Å². The van der Waals surface area contributed by atoms with Crippen molar-refractivity contribution in [2.45, 2.75) is 26.3 Å². The molecule has 0 fully saturated rings. The molecule has 1 rings (SSSR count). The largest absolute Gasteiger partial charge is 0.399 e. The lowest BCUT2D eigenvalue weighted by molar-refractivity contribution is 0.0869. The molecule has 0 atom stereocenters. The van der Waals surface area contributed by atoms with E-state index >= 15 is 0 Å². The number of carbonyl (C=O) groups excluding carboxylic acids is 1. The number of aryl methyl sites for hydroxylation is 1. The first kappa shape index (κ1) is 12.5. The Morgan fingerprint density at radius 1 is 1.50 bits per heavy atom. The van der Waals surface area contributed by atoms with Crippen LogP contribution in [0, 0.1) is 6.92 Å². The number of carbonyl (C=O) groups is 1. The Bertz CT molecular complexity index is 400. The molecule has 0 bridgehead atoms. The molecule has 4 nitrogen and oxygen atoms in total. The smallest absolute Gasteiger partial charge is 0.252 e. The molecular formula is C12H18N2O2. The van der Waals surface area contributed by atoms with Crippen LogP contribution in [0.15, 0.2) is 18.2 Å². The van der Waals surface area contributed by atoms with E-state index in [2.05, 4.69) is 5.32 Å². The number of aliphatic hydroxyl groups is 1. The summed E-state index contributed by atoms with van der Waals surface area (Å²) in [5.41, 5.74) is 6.96. The molecule has 0 aliphatic carbocycles. The van der Waals surface area contributed by atoms with Crippen molar-refractivity contribution in [3.8, 4) is 0 Å². The SMILES string of the molecule is Cc1ccc(N)cc1C(=O)NC(C)(C)CO. The molecule has 88 valence electrons. The number of nitrogen functional groups attached to an aromatic ring is 1. The summed E-state index contributed by atoms with van der Waals surface area (Å²) < 4.78 is 0. The molecule has 1 aromatic carbocycles. The number of nitrogens with one attached hydrogen (secondary N) is 1. The van der Waals surface area contributed by atoms with Crippen LogP contribution in [-0.2, 0) is 0 Å². The Labute approximate surface area is 95.5 Å². The van der Waals surface area contributed by atoms with Gasteiger partial charge in [0.2, 0.25) is 0 Å². The van der Waals surface area contributed by atoms with Gasteiger partial charge in [0.15, 0.2) is 0 Å². The number of benzene rings is 1. The van der Waals surface area contributed by atoms with Crippen molar-refractivity contribution in [1.29, 1.82) is 0 Å². The van der Waals surface area contributed by atoms with Crippen LogP contribution in [0.2, 0.25) is 0 Å². The average Bonchev–Trinajstić information content (AvgIpc) is 2.21. The van der Waals surface area contributed by atoms with Gasteiger partial charge in [-0.05, 0) is 38.5 Å². The Morgan fingerprint density at radius 2 is 2.12 bits per heavy atom. The summed E-state index contributed by atoms with van der Waals surface area (Å²) in [6, 6.07) is 5.19. The minimum atomic E-state index is -0.631. The van der Waals surface area contributed by atoms with E-state index in [-0.39, 0.29) is 12.5 Å². The Kier molecular flexibility index (Phi) is 3.55. The summed E-state index contributed by atoms with van der Waals surface area (Å²) in [5, 5.41) is 11.8. The lowest BCUT2D eigenvalue weighted by Gasteiger charge is -2.24. The maximum atomic E-state index is 11.9. The van der Waals surface area contributed by atoms with E-state index in [0.717, 1.165) is 5.56 Å². The van der Waals surface area contributed by atoms with Gasteiger partial charge < -0.3 is 16.2 Å². The van der Waals surface area contributed by atoms with Crippen molar-refractivity contribution in [3.63, 3.8) is 0 Å². The van der Waals surface area contributed by atoms with Crippen LogP contribution in [0.5, 0.6) is 0 Å². The Morgan fingerprint density at radius 3 is 2.69 bits per heavy atom. The lowest BCUT2D eigenvalue weighted by atomic mass is 10.0. The monoisotopic (exact) mass is 222 g/mol. The van der Waals surface area contributed by atoms with Crippen molar-refractivity contribution >= 4 is 11.6 Å². The highest BCUT2D eigenvalue weighted by atomic mass is 16.3. The van der Waals surface area contributed by atoms with Gasteiger partial charge in [0.05, 0.1) is 12.1 Å². The second kappa shape index (κ2) is 4.53. The number of nitrogens with two attached hydrogens (primary N) is 1. The summed E-state index contributed by atoms with van der Waals surface area (Å²) in [6.07, 6.45) is 0. The minimum absolute atomic E-state index is 0.111. The maximum Gasteiger partial charge on any atom is 0.252 e. The molecule has 4 N–H and O–H groups in total. The van der Waals surface area contributed by atoms with Crippen LogP contribution in [0.3, 0.4) is 0 Å². The molecule has 1 aromatic rings. The van der Waals surface area contributed by atoms with Gasteiger partial charge in [-0.15, -0.1) is 0 Å². The molecule has 0 spiro atoms. The normalized spacial score (nSPS) is 11.2. The third kappa shape index (κ3) is 2.97. The predicted molar refractivity (Wildman–Crippen MR) is 64.2 cm³/mol. The van der Waals surface area contributed by atoms with E-state index in [9.17, 15) is 4.79 Å². The number of aliphatic hydroxyl groups excluding tert-OH is 1. The quantitative estimate of drug-likeness (QED) is 0.670. The van der Waals surface area contributed by atoms with Crippen molar-refractivity contribution in [2.75, 3.05) is 12.3 Å². The molecular weight excluding hydrogens is 204 g/mol. The molecule has 16 heavy (non-hydrogen) atoms. The molecule has 0 unspecified atom stereocenters. The average molecular weight is 222 g/mol. The van der Waals surface area contributed by atoms with Gasteiger partial charge in [-0.25, -0.2) is 0 Å². The van der Waals surface area contributed by atoms with Crippen LogP contribution in [0.1, 0.15) is 29.8 Å². The van der Waals surface area contributed by atoms with Gasteiger partial charge in [-0.2, -0.15) is 0 Å². The standard InChI is InChI=1S/C12H18N2O2/c1-8-4-5-9(13)6-10(8)11(16)14-12(2,3)7-15/h4-6,15H,7,13H2,1-3H3,(H,14,16). The Balaban J connectivity index is 2.93. The van der Waals surface area contributed by atoms with Crippen LogP contribution >= 0.6 is 0 Å². The summed E-state index contributed by atoms with van der Waals surface area (Å²) in [5.74, 6) is -0.219. The van der Waals surface area contributed by atoms with Crippen LogP contribution in [0.25, 0.3) is 0 Å². The fourth-order valence-corrected chi connectivity index (χ4v) is 1.30. The summed E-state index contributed by atoms with van der Waals surface area (Å²) in [6.45, 7) is 5.25. The summed E-state index contributed by atoms with van der Waals surface area (Å²) >= 11 is 0. The minimum Gasteiger partial charge on any atom is -0.399 e.